The van der Waals surface area contributed by atoms with Gasteiger partial charge in [-0.15, -0.1) is 0 Å². The number of sulfonamides is 1. The van der Waals surface area contributed by atoms with Gasteiger partial charge in [0.2, 0.25) is 15.9 Å². The number of anilines is 4. The van der Waals surface area contributed by atoms with Crippen LogP contribution in [0, 0.1) is 19.8 Å². The van der Waals surface area contributed by atoms with Gasteiger partial charge >= 0.3 is 0 Å². The molecule has 4 aromatic rings. The van der Waals surface area contributed by atoms with Crippen LogP contribution < -0.4 is 15.4 Å². The second kappa shape index (κ2) is 8.69. The zero-order valence-corrected chi connectivity index (χ0v) is 20.4. The van der Waals surface area contributed by atoms with Crippen LogP contribution in [0.1, 0.15) is 31.2 Å². The van der Waals surface area contributed by atoms with Gasteiger partial charge in [0.05, 0.1) is 34.7 Å². The van der Waals surface area contributed by atoms with Gasteiger partial charge in [0.15, 0.2) is 5.65 Å². The third kappa shape index (κ3) is 4.97. The predicted molar refractivity (Wildman–Crippen MR) is 135 cm³/mol. The predicted octanol–water partition coefficient (Wildman–Crippen LogP) is 3.61. The second-order valence-electron chi connectivity index (χ2n) is 8.66. The highest BCUT2D eigenvalue weighted by Crippen LogP contribution is 2.34. The normalized spacial score (nSPS) is 13.7. The number of nitrogens with zero attached hydrogens (tertiary/aromatic N) is 4. The Morgan fingerprint density at radius 2 is 1.94 bits per heavy atom. The molecule has 0 spiro atoms. The number of carbonyl (C=O) groups excluding carboxylic acids is 1. The molecule has 1 fully saturated rings. The number of hydrogen-bond donors (Lipinski definition) is 4. The first-order valence-corrected chi connectivity index (χ1v) is 13.0. The summed E-state index contributed by atoms with van der Waals surface area (Å²) in [6.07, 6.45) is 5.34. The molecule has 4 N–H and O–H groups in total. The number of aryl methyl sites for hydroxylation is 2. The third-order valence-corrected chi connectivity index (χ3v) is 6.96. The minimum Gasteiger partial charge on any atom is -0.352 e. The van der Waals surface area contributed by atoms with Crippen LogP contribution in [0.3, 0.4) is 0 Å². The SMILES string of the molecule is CCS(=O)(=O)Nc1cc(-n2cc(C)cn2)ccc1Nc1cc(NC(=O)C2CC2)nc2nc(C)[nH]c12. The highest BCUT2D eigenvalue weighted by atomic mass is 32.2. The topological polar surface area (TPSA) is 147 Å². The van der Waals surface area contributed by atoms with E-state index in [-0.39, 0.29) is 17.6 Å². The third-order valence-electron chi connectivity index (χ3n) is 5.67. The lowest BCUT2D eigenvalue weighted by Crippen LogP contribution is -2.16. The number of pyridine rings is 1. The number of aromatic nitrogens is 5. The van der Waals surface area contributed by atoms with Gasteiger partial charge in [0, 0.05) is 18.2 Å². The van der Waals surface area contributed by atoms with E-state index in [9.17, 15) is 13.2 Å². The van der Waals surface area contributed by atoms with Crippen LogP contribution in [0.5, 0.6) is 0 Å². The van der Waals surface area contributed by atoms with Crippen LogP contribution >= 0.6 is 0 Å². The van der Waals surface area contributed by atoms with Gasteiger partial charge in [0.25, 0.3) is 0 Å². The molecule has 0 unspecified atom stereocenters. The molecule has 0 atom stereocenters. The van der Waals surface area contributed by atoms with Crippen LogP contribution in [0.25, 0.3) is 16.9 Å². The van der Waals surface area contributed by atoms with Crippen molar-refractivity contribution in [1.82, 2.24) is 24.7 Å². The number of hydrogen-bond acceptors (Lipinski definition) is 7. The fourth-order valence-electron chi connectivity index (χ4n) is 3.65. The van der Waals surface area contributed by atoms with Crippen molar-refractivity contribution in [3.63, 3.8) is 0 Å². The Kier molecular flexibility index (Phi) is 5.67. The van der Waals surface area contributed by atoms with Gasteiger partial charge in [-0.25, -0.2) is 23.1 Å². The largest absolute Gasteiger partial charge is 0.352 e. The molecule has 0 aliphatic heterocycles. The number of carbonyl (C=O) groups is 1. The molecule has 0 radical (unpaired) electrons. The molecule has 1 amide bonds. The first-order chi connectivity index (χ1) is 16.7. The molecule has 0 saturated heterocycles. The van der Waals surface area contributed by atoms with Crippen molar-refractivity contribution < 1.29 is 13.2 Å². The quantitative estimate of drug-likeness (QED) is 0.292. The highest BCUT2D eigenvalue weighted by Gasteiger charge is 2.30. The molecule has 3 heterocycles. The van der Waals surface area contributed by atoms with Crippen molar-refractivity contribution in [2.24, 2.45) is 5.92 Å². The number of aromatic amines is 1. The molecular weight excluding hydrogens is 468 g/mol. The maximum absolute atomic E-state index is 12.5. The molecule has 35 heavy (non-hydrogen) atoms. The van der Waals surface area contributed by atoms with Gasteiger partial charge in [-0.3, -0.25) is 9.52 Å². The molecule has 182 valence electrons. The van der Waals surface area contributed by atoms with Gasteiger partial charge in [-0.1, -0.05) is 0 Å². The fraction of sp³-hybridized carbons (Fsp3) is 0.304. The molecular formula is C23H26N8O3S. The number of imidazole rings is 1. The minimum atomic E-state index is -3.56. The lowest BCUT2D eigenvalue weighted by atomic mass is 10.2. The summed E-state index contributed by atoms with van der Waals surface area (Å²) < 4.78 is 29.2. The van der Waals surface area contributed by atoms with Crippen LogP contribution in [-0.4, -0.2) is 44.8 Å². The van der Waals surface area contributed by atoms with E-state index >= 15 is 0 Å². The average Bonchev–Trinajstić information content (AvgIpc) is 3.47. The molecule has 0 bridgehead atoms. The zero-order chi connectivity index (χ0) is 24.7. The molecule has 11 nitrogen and oxygen atoms in total. The summed E-state index contributed by atoms with van der Waals surface area (Å²) in [5.41, 5.74) is 4.25. The smallest absolute Gasteiger partial charge is 0.232 e. The van der Waals surface area contributed by atoms with E-state index in [0.717, 1.165) is 18.4 Å². The van der Waals surface area contributed by atoms with Crippen LogP contribution in [0.4, 0.5) is 22.9 Å². The molecule has 1 aliphatic carbocycles. The molecule has 1 aliphatic rings. The summed E-state index contributed by atoms with van der Waals surface area (Å²) in [6, 6.07) is 7.04. The van der Waals surface area contributed by atoms with Crippen molar-refractivity contribution in [2.45, 2.75) is 33.6 Å². The molecule has 5 rings (SSSR count). The first kappa shape index (κ1) is 22.8. The van der Waals surface area contributed by atoms with E-state index in [1.165, 1.54) is 0 Å². The van der Waals surface area contributed by atoms with Crippen molar-refractivity contribution in [1.29, 1.82) is 0 Å². The van der Waals surface area contributed by atoms with Gasteiger partial charge in [0.1, 0.15) is 17.2 Å². The summed E-state index contributed by atoms with van der Waals surface area (Å²) in [6.45, 7) is 5.32. The summed E-state index contributed by atoms with van der Waals surface area (Å²) >= 11 is 0. The van der Waals surface area contributed by atoms with E-state index in [2.05, 4.69) is 35.4 Å². The van der Waals surface area contributed by atoms with Crippen molar-refractivity contribution in [2.75, 3.05) is 21.1 Å². The van der Waals surface area contributed by atoms with E-state index in [1.54, 1.807) is 36.0 Å². The Morgan fingerprint density at radius 3 is 2.63 bits per heavy atom. The molecule has 3 aromatic heterocycles. The van der Waals surface area contributed by atoms with Crippen molar-refractivity contribution in [3.8, 4) is 5.69 Å². The van der Waals surface area contributed by atoms with Gasteiger partial charge < -0.3 is 15.6 Å². The monoisotopic (exact) mass is 494 g/mol. The Balaban J connectivity index is 1.56. The molecule has 12 heteroatoms. The van der Waals surface area contributed by atoms with Gasteiger partial charge in [-0.05, 0) is 57.4 Å². The fourth-order valence-corrected chi connectivity index (χ4v) is 4.30. The zero-order valence-electron chi connectivity index (χ0n) is 19.6. The first-order valence-electron chi connectivity index (χ1n) is 11.3. The van der Waals surface area contributed by atoms with E-state index in [0.29, 0.717) is 45.6 Å². The van der Waals surface area contributed by atoms with Crippen LogP contribution in [0.15, 0.2) is 36.7 Å². The van der Waals surface area contributed by atoms with E-state index in [4.69, 9.17) is 0 Å². The van der Waals surface area contributed by atoms with Gasteiger partial charge in [-0.2, -0.15) is 5.10 Å². The summed E-state index contributed by atoms with van der Waals surface area (Å²) in [5.74, 6) is 0.928. The highest BCUT2D eigenvalue weighted by molar-refractivity contribution is 7.92. The van der Waals surface area contributed by atoms with Crippen molar-refractivity contribution in [3.05, 3.63) is 48.0 Å². The summed E-state index contributed by atoms with van der Waals surface area (Å²) in [5, 5.41) is 10.5. The maximum Gasteiger partial charge on any atom is 0.232 e. The lowest BCUT2D eigenvalue weighted by molar-refractivity contribution is -0.117. The van der Waals surface area contributed by atoms with Crippen LogP contribution in [0.2, 0.25) is 0 Å². The number of H-pyrrole nitrogens is 1. The minimum absolute atomic E-state index is 0.0263. The number of benzene rings is 1. The standard InChI is InChI=1S/C23H26N8O3S/c1-4-35(33,34)30-18-9-16(31-12-13(2)11-24-31)7-8-17(18)27-19-10-20(29-23(32)15-5-6-15)28-22-21(19)25-14(3)26-22/h7-12,15,30H,4-6H2,1-3H3,(H3,25,26,27,28,29,32). The summed E-state index contributed by atoms with van der Waals surface area (Å²) in [4.78, 5) is 24.4. The number of fused-ring (bicyclic) bond motifs is 1. The average molecular weight is 495 g/mol. The second-order valence-corrected chi connectivity index (χ2v) is 10.7. The lowest BCUT2D eigenvalue weighted by Gasteiger charge is -2.16. The van der Waals surface area contributed by atoms with Crippen LogP contribution in [-0.2, 0) is 14.8 Å². The Bertz CT molecular complexity index is 1540. The maximum atomic E-state index is 12.5. The van der Waals surface area contributed by atoms with E-state index in [1.807, 2.05) is 26.1 Å². The Hall–Kier alpha value is -3.93. The number of rotatable bonds is 8. The molecule has 1 aromatic carbocycles. The Morgan fingerprint density at radius 1 is 1.14 bits per heavy atom. The van der Waals surface area contributed by atoms with E-state index < -0.39 is 10.0 Å². The summed E-state index contributed by atoms with van der Waals surface area (Å²) in [7, 11) is -3.56. The Labute approximate surface area is 202 Å². The number of amides is 1. The molecule has 1 saturated carbocycles. The van der Waals surface area contributed by atoms with Crippen molar-refractivity contribution >= 4 is 50.0 Å². The number of nitrogens with one attached hydrogen (secondary N) is 4.